The molecule has 118 valence electrons. The Morgan fingerprint density at radius 3 is 2.50 bits per heavy atom. The van der Waals surface area contributed by atoms with Gasteiger partial charge in [-0.05, 0) is 31.7 Å². The summed E-state index contributed by atoms with van der Waals surface area (Å²) in [6.07, 6.45) is 1.94. The second kappa shape index (κ2) is 7.20. The largest absolute Gasteiger partial charge is 0.344 e. The molecule has 1 fully saturated rings. The fraction of sp³-hybridized carbons (Fsp3) is 0.471. The number of likely N-dealkylation sites (tertiary alicyclic amines) is 1. The minimum atomic E-state index is -0.552. The Morgan fingerprint density at radius 2 is 1.91 bits per heavy atom. The number of carbonyl (C=O) groups is 3. The molecule has 1 heterocycles. The Balaban J connectivity index is 2.03. The van der Waals surface area contributed by atoms with Gasteiger partial charge in [-0.15, -0.1) is 0 Å². The standard InChI is InChI=1S/C17H22N2O3/c1-12(20)15(11-14-7-4-3-5-8-14)18-17(22)16-9-6-10-19(16)13(2)21/h3-5,7-8,15-16H,6,9-11H2,1-2H3,(H,18,22). The van der Waals surface area contributed by atoms with Crippen molar-refractivity contribution < 1.29 is 14.4 Å². The first-order valence-electron chi connectivity index (χ1n) is 7.61. The molecule has 0 bridgehead atoms. The van der Waals surface area contributed by atoms with Crippen molar-refractivity contribution in [1.29, 1.82) is 0 Å². The van der Waals surface area contributed by atoms with E-state index in [0.717, 1.165) is 12.0 Å². The Hall–Kier alpha value is -2.17. The van der Waals surface area contributed by atoms with Crippen molar-refractivity contribution in [3.05, 3.63) is 35.9 Å². The van der Waals surface area contributed by atoms with Crippen LogP contribution in [0.15, 0.2) is 30.3 Å². The molecule has 0 aromatic heterocycles. The molecule has 0 radical (unpaired) electrons. The van der Waals surface area contributed by atoms with Gasteiger partial charge in [0.2, 0.25) is 11.8 Å². The van der Waals surface area contributed by atoms with Gasteiger partial charge in [0.15, 0.2) is 5.78 Å². The van der Waals surface area contributed by atoms with E-state index >= 15 is 0 Å². The van der Waals surface area contributed by atoms with Gasteiger partial charge in [-0.2, -0.15) is 0 Å². The van der Waals surface area contributed by atoms with Gasteiger partial charge in [-0.25, -0.2) is 0 Å². The maximum atomic E-state index is 12.4. The highest BCUT2D eigenvalue weighted by atomic mass is 16.2. The summed E-state index contributed by atoms with van der Waals surface area (Å²) in [7, 11) is 0. The number of Topliss-reactive ketones (excluding diaryl/α,β-unsaturated/α-hetero) is 1. The zero-order chi connectivity index (χ0) is 16.1. The van der Waals surface area contributed by atoms with Crippen molar-refractivity contribution in [2.45, 2.75) is 45.2 Å². The first kappa shape index (κ1) is 16.2. The zero-order valence-electron chi connectivity index (χ0n) is 13.0. The van der Waals surface area contributed by atoms with E-state index in [2.05, 4.69) is 5.32 Å². The van der Waals surface area contributed by atoms with Gasteiger partial charge in [0, 0.05) is 13.5 Å². The first-order chi connectivity index (χ1) is 10.5. The van der Waals surface area contributed by atoms with E-state index < -0.39 is 12.1 Å². The van der Waals surface area contributed by atoms with Crippen LogP contribution in [0, 0.1) is 0 Å². The van der Waals surface area contributed by atoms with E-state index in [1.54, 1.807) is 4.90 Å². The van der Waals surface area contributed by atoms with Crippen molar-refractivity contribution in [1.82, 2.24) is 10.2 Å². The highest BCUT2D eigenvalue weighted by molar-refractivity contribution is 5.92. The summed E-state index contributed by atoms with van der Waals surface area (Å²) in [5.41, 5.74) is 0.998. The van der Waals surface area contributed by atoms with Gasteiger partial charge in [0.1, 0.15) is 6.04 Å². The van der Waals surface area contributed by atoms with Gasteiger partial charge >= 0.3 is 0 Å². The summed E-state index contributed by atoms with van der Waals surface area (Å²) in [5, 5.41) is 2.81. The van der Waals surface area contributed by atoms with Crippen LogP contribution in [0.5, 0.6) is 0 Å². The van der Waals surface area contributed by atoms with Crippen LogP contribution < -0.4 is 5.32 Å². The van der Waals surface area contributed by atoms with Crippen LogP contribution in [0.25, 0.3) is 0 Å². The molecule has 1 aromatic rings. The van der Waals surface area contributed by atoms with Gasteiger partial charge in [-0.1, -0.05) is 30.3 Å². The lowest BCUT2D eigenvalue weighted by Gasteiger charge is -2.25. The molecule has 5 nitrogen and oxygen atoms in total. The fourth-order valence-electron chi connectivity index (χ4n) is 2.83. The third-order valence-corrected chi connectivity index (χ3v) is 4.05. The number of rotatable bonds is 5. The number of ketones is 1. The van der Waals surface area contributed by atoms with Crippen LogP contribution in [0.4, 0.5) is 0 Å². The minimum Gasteiger partial charge on any atom is -0.344 e. The molecule has 0 saturated carbocycles. The van der Waals surface area contributed by atoms with E-state index in [0.29, 0.717) is 19.4 Å². The van der Waals surface area contributed by atoms with Crippen LogP contribution >= 0.6 is 0 Å². The van der Waals surface area contributed by atoms with Crippen molar-refractivity contribution in [3.63, 3.8) is 0 Å². The minimum absolute atomic E-state index is 0.0791. The molecule has 1 aliphatic heterocycles. The van der Waals surface area contributed by atoms with Crippen molar-refractivity contribution in [3.8, 4) is 0 Å². The molecule has 2 amide bonds. The second-order valence-corrected chi connectivity index (χ2v) is 5.73. The monoisotopic (exact) mass is 302 g/mol. The second-order valence-electron chi connectivity index (χ2n) is 5.73. The smallest absolute Gasteiger partial charge is 0.243 e. The van der Waals surface area contributed by atoms with Gasteiger partial charge in [-0.3, -0.25) is 14.4 Å². The first-order valence-corrected chi connectivity index (χ1v) is 7.61. The number of amides is 2. The number of nitrogens with one attached hydrogen (secondary N) is 1. The Morgan fingerprint density at radius 1 is 1.23 bits per heavy atom. The molecule has 1 N–H and O–H groups in total. The molecular formula is C17H22N2O3. The fourth-order valence-corrected chi connectivity index (χ4v) is 2.83. The summed E-state index contributed by atoms with van der Waals surface area (Å²) >= 11 is 0. The predicted molar refractivity (Wildman–Crippen MR) is 83.2 cm³/mol. The highest BCUT2D eigenvalue weighted by Gasteiger charge is 2.33. The molecule has 1 aromatic carbocycles. The molecule has 2 unspecified atom stereocenters. The van der Waals surface area contributed by atoms with Gasteiger partial charge in [0.05, 0.1) is 6.04 Å². The molecule has 0 aliphatic carbocycles. The molecule has 1 saturated heterocycles. The van der Waals surface area contributed by atoms with E-state index in [1.165, 1.54) is 13.8 Å². The number of hydrogen-bond donors (Lipinski definition) is 1. The van der Waals surface area contributed by atoms with E-state index in [1.807, 2.05) is 30.3 Å². The lowest BCUT2D eigenvalue weighted by molar-refractivity contribution is -0.137. The van der Waals surface area contributed by atoms with Crippen molar-refractivity contribution >= 4 is 17.6 Å². The van der Waals surface area contributed by atoms with E-state index in [9.17, 15) is 14.4 Å². The normalized spacial score (nSPS) is 18.8. The summed E-state index contributed by atoms with van der Waals surface area (Å²) in [4.78, 5) is 37.4. The quantitative estimate of drug-likeness (QED) is 0.892. The zero-order valence-corrected chi connectivity index (χ0v) is 13.0. The maximum Gasteiger partial charge on any atom is 0.243 e. The Kier molecular flexibility index (Phi) is 5.31. The lowest BCUT2D eigenvalue weighted by atomic mass is 10.0. The van der Waals surface area contributed by atoms with Crippen molar-refractivity contribution in [2.75, 3.05) is 6.54 Å². The molecule has 22 heavy (non-hydrogen) atoms. The summed E-state index contributed by atoms with van der Waals surface area (Å²) in [6, 6.07) is 8.58. The van der Waals surface area contributed by atoms with E-state index in [4.69, 9.17) is 0 Å². The molecule has 2 atom stereocenters. The number of hydrogen-bond acceptors (Lipinski definition) is 3. The lowest BCUT2D eigenvalue weighted by Crippen LogP contribution is -2.50. The summed E-state index contributed by atoms with van der Waals surface area (Å²) in [5.74, 6) is -0.409. The van der Waals surface area contributed by atoms with Crippen LogP contribution in [0.3, 0.4) is 0 Å². The topological polar surface area (TPSA) is 66.5 Å². The van der Waals surface area contributed by atoms with Crippen LogP contribution in [0.1, 0.15) is 32.3 Å². The maximum absolute atomic E-state index is 12.4. The van der Waals surface area contributed by atoms with E-state index in [-0.39, 0.29) is 17.6 Å². The number of carbonyl (C=O) groups excluding carboxylic acids is 3. The van der Waals surface area contributed by atoms with Crippen LogP contribution in [-0.4, -0.2) is 41.1 Å². The van der Waals surface area contributed by atoms with Gasteiger partial charge in [0.25, 0.3) is 0 Å². The van der Waals surface area contributed by atoms with Crippen LogP contribution in [0.2, 0.25) is 0 Å². The average Bonchev–Trinajstić information content (AvgIpc) is 2.97. The Labute approximate surface area is 130 Å². The SMILES string of the molecule is CC(=O)C(Cc1ccccc1)NC(=O)C1CCCN1C(C)=O. The predicted octanol–water partition coefficient (Wildman–Crippen LogP) is 1.31. The molecular weight excluding hydrogens is 280 g/mol. The van der Waals surface area contributed by atoms with Crippen LogP contribution in [-0.2, 0) is 20.8 Å². The highest BCUT2D eigenvalue weighted by Crippen LogP contribution is 2.17. The number of benzene rings is 1. The average molecular weight is 302 g/mol. The Bertz CT molecular complexity index is 556. The summed E-state index contributed by atoms with van der Waals surface area (Å²) < 4.78 is 0. The van der Waals surface area contributed by atoms with Crippen molar-refractivity contribution in [2.24, 2.45) is 0 Å². The van der Waals surface area contributed by atoms with Gasteiger partial charge < -0.3 is 10.2 Å². The molecule has 1 aliphatic rings. The molecule has 2 rings (SSSR count). The number of nitrogens with zero attached hydrogens (tertiary/aromatic N) is 1. The third kappa shape index (κ3) is 3.93. The summed E-state index contributed by atoms with van der Waals surface area (Å²) in [6.45, 7) is 3.56. The molecule has 0 spiro atoms. The molecule has 5 heteroatoms. The third-order valence-electron chi connectivity index (χ3n) is 4.05.